The summed E-state index contributed by atoms with van der Waals surface area (Å²) in [5.74, 6) is 0. The van der Waals surface area contributed by atoms with Crippen LogP contribution in [0.5, 0.6) is 0 Å². The fraction of sp³-hybridized carbons (Fsp3) is 0. The third-order valence-electron chi connectivity index (χ3n) is 1.67. The van der Waals surface area contributed by atoms with E-state index < -0.39 is 0 Å². The van der Waals surface area contributed by atoms with Gasteiger partial charge in [-0.05, 0) is 24.3 Å². The van der Waals surface area contributed by atoms with Crippen molar-refractivity contribution < 1.29 is 4.79 Å². The Hall–Kier alpha value is -1.06. The molecule has 0 saturated carbocycles. The predicted molar refractivity (Wildman–Crippen MR) is 54.5 cm³/mol. The number of carbonyl (C=O) groups excluding carboxylic acids is 1. The molecule has 0 aliphatic heterocycles. The van der Waals surface area contributed by atoms with Crippen molar-refractivity contribution in [2.24, 2.45) is 0 Å². The molecule has 0 aliphatic rings. The Morgan fingerprint density at radius 2 is 2.15 bits per heavy atom. The Morgan fingerprint density at radius 3 is 2.69 bits per heavy atom. The van der Waals surface area contributed by atoms with Gasteiger partial charge >= 0.3 is 0 Å². The van der Waals surface area contributed by atoms with Gasteiger partial charge in [-0.25, -0.2) is 0 Å². The standard InChI is InChI=1S/C9H6ClNOS/c10-9-4-3-8(13-9)7-2-1-6(5-12)11-7/h1-5,11H. The average Bonchev–Trinajstić information content (AvgIpc) is 2.71. The topological polar surface area (TPSA) is 32.9 Å². The Bertz CT molecular complexity index is 432. The number of aromatic nitrogens is 1. The summed E-state index contributed by atoms with van der Waals surface area (Å²) in [4.78, 5) is 14.4. The third kappa shape index (κ3) is 1.66. The molecule has 0 aromatic carbocycles. The minimum absolute atomic E-state index is 0.583. The number of H-pyrrole nitrogens is 1. The zero-order valence-corrected chi connectivity index (χ0v) is 8.15. The molecule has 2 aromatic heterocycles. The molecule has 0 bridgehead atoms. The van der Waals surface area contributed by atoms with Crippen molar-refractivity contribution in [3.05, 3.63) is 34.3 Å². The lowest BCUT2D eigenvalue weighted by Gasteiger charge is -1.88. The smallest absolute Gasteiger partial charge is 0.166 e. The van der Waals surface area contributed by atoms with E-state index >= 15 is 0 Å². The molecule has 0 fully saturated rings. The summed E-state index contributed by atoms with van der Waals surface area (Å²) >= 11 is 7.27. The number of aromatic amines is 1. The van der Waals surface area contributed by atoms with E-state index in [0.717, 1.165) is 21.2 Å². The SMILES string of the molecule is O=Cc1ccc(-c2ccc(Cl)s2)[nH]1. The average molecular weight is 212 g/mol. The Balaban J connectivity index is 2.40. The van der Waals surface area contributed by atoms with Crippen LogP contribution < -0.4 is 0 Å². The molecular formula is C9H6ClNOS. The second-order valence-electron chi connectivity index (χ2n) is 2.55. The van der Waals surface area contributed by atoms with Crippen molar-refractivity contribution in [2.45, 2.75) is 0 Å². The summed E-state index contributed by atoms with van der Waals surface area (Å²) < 4.78 is 0.747. The first-order chi connectivity index (χ1) is 6.29. The lowest BCUT2D eigenvalue weighted by atomic mass is 10.3. The van der Waals surface area contributed by atoms with Crippen molar-refractivity contribution in [3.8, 4) is 10.6 Å². The maximum Gasteiger partial charge on any atom is 0.166 e. The van der Waals surface area contributed by atoms with Gasteiger partial charge in [0.15, 0.2) is 6.29 Å². The van der Waals surface area contributed by atoms with Gasteiger partial charge in [-0.15, -0.1) is 11.3 Å². The van der Waals surface area contributed by atoms with Crippen LogP contribution in [0.3, 0.4) is 0 Å². The van der Waals surface area contributed by atoms with Crippen LogP contribution in [0.15, 0.2) is 24.3 Å². The number of rotatable bonds is 2. The molecular weight excluding hydrogens is 206 g/mol. The second-order valence-corrected chi connectivity index (χ2v) is 4.26. The molecule has 1 N–H and O–H groups in total. The lowest BCUT2D eigenvalue weighted by molar-refractivity contribution is 0.111. The molecule has 66 valence electrons. The number of thiophene rings is 1. The van der Waals surface area contributed by atoms with Crippen molar-refractivity contribution in [2.75, 3.05) is 0 Å². The highest BCUT2D eigenvalue weighted by Crippen LogP contribution is 2.29. The summed E-state index contributed by atoms with van der Waals surface area (Å²) in [7, 11) is 0. The first-order valence-corrected chi connectivity index (χ1v) is 4.89. The molecule has 0 aliphatic carbocycles. The van der Waals surface area contributed by atoms with E-state index in [-0.39, 0.29) is 0 Å². The van der Waals surface area contributed by atoms with Crippen LogP contribution in [0.1, 0.15) is 10.5 Å². The largest absolute Gasteiger partial charge is 0.352 e. The van der Waals surface area contributed by atoms with Gasteiger partial charge in [-0.1, -0.05) is 11.6 Å². The normalized spacial score (nSPS) is 10.2. The maximum atomic E-state index is 10.4. The highest BCUT2D eigenvalue weighted by Gasteiger charge is 2.03. The van der Waals surface area contributed by atoms with E-state index in [1.807, 2.05) is 18.2 Å². The lowest BCUT2D eigenvalue weighted by Crippen LogP contribution is -1.77. The van der Waals surface area contributed by atoms with E-state index in [9.17, 15) is 4.79 Å². The number of nitrogens with one attached hydrogen (secondary N) is 1. The van der Waals surface area contributed by atoms with Crippen molar-refractivity contribution >= 4 is 29.2 Å². The van der Waals surface area contributed by atoms with Gasteiger partial charge in [0.05, 0.1) is 20.6 Å². The van der Waals surface area contributed by atoms with Crippen LogP contribution >= 0.6 is 22.9 Å². The van der Waals surface area contributed by atoms with Crippen LogP contribution in [0.4, 0.5) is 0 Å². The molecule has 0 radical (unpaired) electrons. The summed E-state index contributed by atoms with van der Waals surface area (Å²) in [5.41, 5.74) is 1.51. The fourth-order valence-electron chi connectivity index (χ4n) is 1.08. The predicted octanol–water partition coefficient (Wildman–Crippen LogP) is 3.21. The minimum Gasteiger partial charge on any atom is -0.352 e. The van der Waals surface area contributed by atoms with E-state index in [1.54, 1.807) is 6.07 Å². The second kappa shape index (κ2) is 3.36. The van der Waals surface area contributed by atoms with Crippen molar-refractivity contribution in [3.63, 3.8) is 0 Å². The minimum atomic E-state index is 0.583. The number of hydrogen-bond acceptors (Lipinski definition) is 2. The van der Waals surface area contributed by atoms with Crippen LogP contribution in [-0.2, 0) is 0 Å². The maximum absolute atomic E-state index is 10.4. The van der Waals surface area contributed by atoms with Crippen molar-refractivity contribution in [1.29, 1.82) is 0 Å². The molecule has 0 saturated heterocycles. The molecule has 0 unspecified atom stereocenters. The summed E-state index contributed by atoms with van der Waals surface area (Å²) in [5, 5.41) is 0. The third-order valence-corrected chi connectivity index (χ3v) is 2.94. The van der Waals surface area contributed by atoms with E-state index in [1.165, 1.54) is 11.3 Å². The highest BCUT2D eigenvalue weighted by molar-refractivity contribution is 7.19. The van der Waals surface area contributed by atoms with E-state index in [0.29, 0.717) is 5.69 Å². The van der Waals surface area contributed by atoms with Gasteiger partial charge in [-0.2, -0.15) is 0 Å². The summed E-state index contributed by atoms with van der Waals surface area (Å²) in [6, 6.07) is 7.37. The molecule has 13 heavy (non-hydrogen) atoms. The van der Waals surface area contributed by atoms with E-state index in [4.69, 9.17) is 11.6 Å². The van der Waals surface area contributed by atoms with Crippen LogP contribution in [0.2, 0.25) is 4.34 Å². The summed E-state index contributed by atoms with van der Waals surface area (Å²) in [6.45, 7) is 0. The Labute approximate surface area is 84.2 Å². The quantitative estimate of drug-likeness (QED) is 0.761. The number of halogens is 1. The Morgan fingerprint density at radius 1 is 1.31 bits per heavy atom. The highest BCUT2D eigenvalue weighted by atomic mass is 35.5. The fourth-order valence-corrected chi connectivity index (χ4v) is 2.11. The molecule has 0 atom stereocenters. The van der Waals surface area contributed by atoms with Gasteiger partial charge in [0.2, 0.25) is 0 Å². The molecule has 2 aromatic rings. The van der Waals surface area contributed by atoms with Crippen LogP contribution in [0, 0.1) is 0 Å². The Kier molecular flexibility index (Phi) is 2.20. The number of hydrogen-bond donors (Lipinski definition) is 1. The zero-order chi connectivity index (χ0) is 9.26. The van der Waals surface area contributed by atoms with Gasteiger partial charge in [-0.3, -0.25) is 4.79 Å². The van der Waals surface area contributed by atoms with Crippen LogP contribution in [0.25, 0.3) is 10.6 Å². The molecule has 0 amide bonds. The summed E-state index contributed by atoms with van der Waals surface area (Å²) in [6.07, 6.45) is 0.790. The van der Waals surface area contributed by atoms with Crippen LogP contribution in [-0.4, -0.2) is 11.3 Å². The first kappa shape index (κ1) is 8.53. The van der Waals surface area contributed by atoms with Crippen molar-refractivity contribution in [1.82, 2.24) is 4.98 Å². The van der Waals surface area contributed by atoms with Gasteiger partial charge in [0.1, 0.15) is 0 Å². The number of aldehydes is 1. The van der Waals surface area contributed by atoms with Gasteiger partial charge in [0, 0.05) is 0 Å². The molecule has 2 rings (SSSR count). The molecule has 2 heterocycles. The molecule has 4 heteroatoms. The van der Waals surface area contributed by atoms with Gasteiger partial charge in [0.25, 0.3) is 0 Å². The first-order valence-electron chi connectivity index (χ1n) is 3.69. The van der Waals surface area contributed by atoms with Gasteiger partial charge < -0.3 is 4.98 Å². The molecule has 0 spiro atoms. The van der Waals surface area contributed by atoms with E-state index in [2.05, 4.69) is 4.98 Å². The monoisotopic (exact) mass is 211 g/mol. The molecule has 2 nitrogen and oxygen atoms in total. The number of carbonyl (C=O) groups is 1. The zero-order valence-electron chi connectivity index (χ0n) is 6.58.